The van der Waals surface area contributed by atoms with Gasteiger partial charge in [-0.15, -0.1) is 0 Å². The molecule has 5 heterocycles. The maximum atomic E-state index is 15.2. The lowest BCUT2D eigenvalue weighted by Crippen LogP contribution is -2.62. The summed E-state index contributed by atoms with van der Waals surface area (Å²) in [6.45, 7) is -0.616. The van der Waals surface area contributed by atoms with Crippen LogP contribution in [-0.4, -0.2) is 91.7 Å². The summed E-state index contributed by atoms with van der Waals surface area (Å²) in [6.07, 6.45) is 4.99. The van der Waals surface area contributed by atoms with Crippen LogP contribution in [0.15, 0.2) is 114 Å². The molecular weight excluding hydrogens is 996 g/mol. The molecule has 72 heavy (non-hydrogen) atoms. The third kappa shape index (κ3) is 11.1. The average Bonchev–Trinajstić information content (AvgIpc) is 4.20. The van der Waals surface area contributed by atoms with Crippen LogP contribution in [0.3, 0.4) is 0 Å². The number of carboxylic acids is 1. The van der Waals surface area contributed by atoms with Crippen molar-refractivity contribution < 1.29 is 55.6 Å². The molecule has 15 nitrogen and oxygen atoms in total. The number of anilines is 1. The molecule has 1 aliphatic carbocycles. The van der Waals surface area contributed by atoms with Crippen LogP contribution in [0, 0.1) is 17.0 Å². The Balaban J connectivity index is 1.02. The number of hydrogen-bond donors (Lipinski definition) is 3. The van der Waals surface area contributed by atoms with Gasteiger partial charge < -0.3 is 35.2 Å². The van der Waals surface area contributed by atoms with Gasteiger partial charge in [0, 0.05) is 35.8 Å². The van der Waals surface area contributed by atoms with Gasteiger partial charge in [-0.2, -0.15) is 17.8 Å². The van der Waals surface area contributed by atoms with Gasteiger partial charge in [0.25, 0.3) is 5.91 Å². The van der Waals surface area contributed by atoms with Crippen molar-refractivity contribution in [3.63, 3.8) is 0 Å². The highest BCUT2D eigenvalue weighted by Gasteiger charge is 2.57. The van der Waals surface area contributed by atoms with Crippen LogP contribution in [0.1, 0.15) is 89.5 Å². The average molecular weight is 1050 g/mol. The Bertz CT molecular complexity index is 2910. The van der Waals surface area contributed by atoms with Gasteiger partial charge in [0.1, 0.15) is 21.7 Å². The minimum Gasteiger partial charge on any atom is -0.619 e. The number of ether oxygens (including phenoxy) is 3. The summed E-state index contributed by atoms with van der Waals surface area (Å²) in [5.41, 5.74) is -0.269. The number of piperidine rings is 4. The van der Waals surface area contributed by atoms with Crippen LogP contribution in [0.2, 0.25) is 10.0 Å². The predicted octanol–water partition coefficient (Wildman–Crippen LogP) is 9.20. The molecule has 380 valence electrons. The van der Waals surface area contributed by atoms with E-state index in [9.17, 15) is 33.5 Å². The Hall–Kier alpha value is -6.05. The van der Waals surface area contributed by atoms with Crippen molar-refractivity contribution in [3.8, 4) is 11.5 Å². The highest BCUT2D eigenvalue weighted by atomic mass is 35.5. The molecule has 4 saturated heterocycles. The highest BCUT2D eigenvalue weighted by Crippen LogP contribution is 2.48. The molecule has 3 N–H and O–H groups in total. The molecular formula is C52H53Cl2F2N5O10S. The van der Waals surface area contributed by atoms with E-state index in [4.69, 9.17) is 37.4 Å². The van der Waals surface area contributed by atoms with Gasteiger partial charge in [-0.05, 0) is 135 Å². The van der Waals surface area contributed by atoms with E-state index >= 15 is 8.42 Å². The molecule has 0 unspecified atom stereocenters. The summed E-state index contributed by atoms with van der Waals surface area (Å²) in [6, 6.07) is 24.7. The largest absolute Gasteiger partial charge is 0.619 e. The number of fused-ring (bicyclic) bond motifs is 3. The molecule has 1 saturated carbocycles. The number of benzene rings is 4. The molecule has 0 spiro atoms. The Kier molecular flexibility index (Phi) is 15.2. The number of nitrogens with zero attached hydrogens (tertiary/aromatic N) is 3. The maximum absolute atomic E-state index is 15.2. The Morgan fingerprint density at radius 3 is 2.25 bits per heavy atom. The predicted molar refractivity (Wildman–Crippen MR) is 263 cm³/mol. The molecule has 5 aromatic rings. The summed E-state index contributed by atoms with van der Waals surface area (Å²) >= 11 is 13.2. The zero-order valence-electron chi connectivity index (χ0n) is 38.9. The monoisotopic (exact) mass is 1050 g/mol. The Labute approximate surface area is 425 Å². The van der Waals surface area contributed by atoms with Gasteiger partial charge in [-0.1, -0.05) is 77.8 Å². The molecule has 2 bridgehead atoms. The number of pyridine rings is 1. The smallest absolute Gasteiger partial charge is 0.408 e. The number of carbonyl (C=O) groups excluding carboxylic acids is 2. The molecule has 2 amide bonds. The number of amides is 2. The van der Waals surface area contributed by atoms with E-state index < -0.39 is 52.1 Å². The maximum Gasteiger partial charge on any atom is 0.408 e. The molecule has 4 aromatic carbocycles. The summed E-state index contributed by atoms with van der Waals surface area (Å²) < 4.78 is 75.8. The van der Waals surface area contributed by atoms with Gasteiger partial charge >= 0.3 is 18.7 Å². The number of hydrogen-bond acceptors (Lipinski definition) is 10. The van der Waals surface area contributed by atoms with Crippen molar-refractivity contribution in [2.45, 2.75) is 86.5 Å². The number of alkyl carbamates (subject to hydrolysis) is 1. The number of halogens is 4. The fourth-order valence-corrected chi connectivity index (χ4v) is 12.8. The van der Waals surface area contributed by atoms with E-state index in [0.29, 0.717) is 28.4 Å². The summed E-state index contributed by atoms with van der Waals surface area (Å²) in [5.74, 6) is -3.44. The number of nitrogens with one attached hydrogen (secondary N) is 2. The molecule has 1 aromatic heterocycles. The molecule has 0 radical (unpaired) electrons. The molecule has 4 atom stereocenters. The van der Waals surface area contributed by atoms with E-state index in [0.717, 1.165) is 61.0 Å². The lowest BCUT2D eigenvalue weighted by atomic mass is 9.71. The first-order valence-electron chi connectivity index (χ1n) is 23.9. The van der Waals surface area contributed by atoms with E-state index in [-0.39, 0.29) is 94.0 Å². The molecule has 4 aliphatic heterocycles. The van der Waals surface area contributed by atoms with E-state index in [1.807, 2.05) is 36.4 Å². The van der Waals surface area contributed by atoms with Crippen LogP contribution in [0.25, 0.3) is 0 Å². The zero-order valence-corrected chi connectivity index (χ0v) is 41.3. The summed E-state index contributed by atoms with van der Waals surface area (Å²) in [5, 5.41) is 29.5. The minimum atomic E-state index is -4.79. The Morgan fingerprint density at radius 1 is 0.847 bits per heavy atom. The molecule has 20 heteroatoms. The SMILES string of the molecule is O=C(N[C@@H](c1ccccc1)c1cccc(NC(=O)c2cccc(S(=O)(=O)N3CCCC[C@@]3(C(=O)O)[C@@H](Cc3c(Cl)c[n+]([O-])cc3Cl)c3ccc(OC(F)F)c(OCC4CC4)c3)c2)c1)O[C@H]1CN2CCC1CC2. The van der Waals surface area contributed by atoms with Crippen LogP contribution >= 0.6 is 23.2 Å². The lowest BCUT2D eigenvalue weighted by Gasteiger charge is -2.48. The molecule has 5 fully saturated rings. The van der Waals surface area contributed by atoms with Gasteiger partial charge in [0.15, 0.2) is 23.9 Å². The topological polar surface area (TPSA) is 191 Å². The van der Waals surface area contributed by atoms with Crippen LogP contribution in [-0.2, 0) is 26.0 Å². The number of carboxylic acid groups (broad SMARTS) is 1. The number of aromatic nitrogens is 1. The van der Waals surface area contributed by atoms with Crippen molar-refractivity contribution in [3.05, 3.63) is 153 Å². The fraction of sp³-hybridized carbons (Fsp3) is 0.385. The standard InChI is InChI=1S/C52H53Cl2F2N5O10S/c53-42-28-60(66)29-43(54)40(42)27-41(35-16-17-44(70-50(55)56)45(26-35)69-31-32-14-15-32)52(49(63)64)20-4-5-21-61(52)72(67,68)39-13-7-11-37(25-39)48(62)57-38-12-6-10-36(24-38)47(34-8-2-1-3-9-34)58-51(65)71-46-30-59-22-18-33(46)19-23-59/h1-3,6-13,16-17,24-26,28-29,32-33,41,46-47,50H,4-5,14-15,18-23,27,30-31H2,(H,57,62)(H,58,65)(H,63,64)/t41-,46-,47-,52-/m0/s1. The van der Waals surface area contributed by atoms with Crippen molar-refractivity contribution in [2.75, 3.05) is 38.1 Å². The number of aliphatic carboxylic acids is 1. The fourth-order valence-electron chi connectivity index (χ4n) is 10.3. The van der Waals surface area contributed by atoms with E-state index in [1.165, 1.54) is 42.5 Å². The molecule has 10 rings (SSSR count). The number of alkyl halides is 2. The zero-order chi connectivity index (χ0) is 50.7. The first-order valence-corrected chi connectivity index (χ1v) is 26.1. The first-order chi connectivity index (χ1) is 34.6. The molecule has 5 aliphatic rings. The van der Waals surface area contributed by atoms with Gasteiger partial charge in [0.05, 0.1) is 17.5 Å². The first kappa shape index (κ1) is 50.9. The van der Waals surface area contributed by atoms with Crippen molar-refractivity contribution in [2.24, 2.45) is 11.8 Å². The van der Waals surface area contributed by atoms with Crippen molar-refractivity contribution in [1.82, 2.24) is 14.5 Å². The van der Waals surface area contributed by atoms with Crippen LogP contribution in [0.4, 0.5) is 19.3 Å². The van der Waals surface area contributed by atoms with Gasteiger partial charge in [-0.3, -0.25) is 14.5 Å². The summed E-state index contributed by atoms with van der Waals surface area (Å²) in [7, 11) is -4.79. The van der Waals surface area contributed by atoms with Crippen LogP contribution < -0.4 is 24.8 Å². The summed E-state index contributed by atoms with van der Waals surface area (Å²) in [4.78, 5) is 43.7. The van der Waals surface area contributed by atoms with Crippen LogP contribution in [0.5, 0.6) is 11.5 Å². The minimum absolute atomic E-state index is 0.0596. The van der Waals surface area contributed by atoms with Crippen molar-refractivity contribution in [1.29, 1.82) is 0 Å². The number of sulfonamides is 1. The van der Waals surface area contributed by atoms with Gasteiger partial charge in [-0.25, -0.2) is 13.2 Å². The third-order valence-corrected chi connectivity index (χ3v) is 16.8. The quantitative estimate of drug-likeness (QED) is 0.0560. The Morgan fingerprint density at radius 2 is 1.57 bits per heavy atom. The van der Waals surface area contributed by atoms with E-state index in [2.05, 4.69) is 15.5 Å². The van der Waals surface area contributed by atoms with Crippen molar-refractivity contribution >= 4 is 56.9 Å². The van der Waals surface area contributed by atoms with E-state index in [1.54, 1.807) is 18.2 Å². The van der Waals surface area contributed by atoms with Gasteiger partial charge in [0.2, 0.25) is 10.0 Å². The lowest BCUT2D eigenvalue weighted by molar-refractivity contribution is -0.605. The second kappa shape index (κ2) is 21.6. The normalized spacial score (nSPS) is 21.9. The number of carbonyl (C=O) groups is 3. The highest BCUT2D eigenvalue weighted by molar-refractivity contribution is 7.89. The number of rotatable bonds is 18. The third-order valence-electron chi connectivity index (χ3n) is 14.2. The second-order valence-corrected chi connectivity index (χ2v) is 21.5. The second-order valence-electron chi connectivity index (χ2n) is 18.8.